The van der Waals surface area contributed by atoms with Crippen molar-refractivity contribution in [2.45, 2.75) is 26.2 Å². The van der Waals surface area contributed by atoms with E-state index in [9.17, 15) is 4.79 Å². The minimum Gasteiger partial charge on any atom is -0.372 e. The quantitative estimate of drug-likeness (QED) is 0.715. The Morgan fingerprint density at radius 3 is 2.69 bits per heavy atom. The first kappa shape index (κ1) is 12.4. The zero-order valence-electron chi connectivity index (χ0n) is 9.79. The lowest BCUT2D eigenvalue weighted by Crippen LogP contribution is -2.25. The number of unbranched alkanes of at least 4 members (excludes halogenated alkanes) is 2. The minimum atomic E-state index is -0.161. The summed E-state index contributed by atoms with van der Waals surface area (Å²) in [5.41, 5.74) is 0.357. The predicted octanol–water partition coefficient (Wildman–Crippen LogP) is 1.44. The van der Waals surface area contributed by atoms with Gasteiger partial charge in [0.1, 0.15) is 11.5 Å². The topological polar surface area (TPSA) is 66.9 Å². The van der Waals surface area contributed by atoms with E-state index in [0.717, 1.165) is 19.3 Å². The van der Waals surface area contributed by atoms with Crippen molar-refractivity contribution in [2.75, 3.05) is 18.9 Å². The molecular formula is C11H18N4O. The second-order valence-corrected chi connectivity index (χ2v) is 3.50. The summed E-state index contributed by atoms with van der Waals surface area (Å²) >= 11 is 0. The molecule has 0 bridgehead atoms. The van der Waals surface area contributed by atoms with Crippen LogP contribution >= 0.6 is 0 Å². The molecule has 5 heteroatoms. The van der Waals surface area contributed by atoms with Gasteiger partial charge >= 0.3 is 0 Å². The van der Waals surface area contributed by atoms with Gasteiger partial charge in [-0.15, -0.1) is 0 Å². The number of rotatable bonds is 6. The zero-order valence-corrected chi connectivity index (χ0v) is 9.79. The summed E-state index contributed by atoms with van der Waals surface area (Å²) in [7, 11) is 1.76. The third-order valence-corrected chi connectivity index (χ3v) is 2.21. The predicted molar refractivity (Wildman–Crippen MR) is 63.4 cm³/mol. The average molecular weight is 222 g/mol. The number of nitrogens with zero attached hydrogens (tertiary/aromatic N) is 2. The highest BCUT2D eigenvalue weighted by atomic mass is 16.1. The van der Waals surface area contributed by atoms with E-state index in [1.807, 2.05) is 0 Å². The molecule has 5 nitrogen and oxygen atoms in total. The zero-order chi connectivity index (χ0) is 11.8. The number of carbonyl (C=O) groups is 1. The fourth-order valence-electron chi connectivity index (χ4n) is 1.24. The molecule has 0 unspecified atom stereocenters. The molecule has 0 spiro atoms. The minimum absolute atomic E-state index is 0.161. The summed E-state index contributed by atoms with van der Waals surface area (Å²) in [6.45, 7) is 2.83. The third kappa shape index (κ3) is 3.84. The molecule has 0 aromatic carbocycles. The average Bonchev–Trinajstić information content (AvgIpc) is 2.34. The maximum atomic E-state index is 11.6. The van der Waals surface area contributed by atoms with Gasteiger partial charge < -0.3 is 10.6 Å². The van der Waals surface area contributed by atoms with Crippen LogP contribution in [0.3, 0.4) is 0 Å². The second-order valence-electron chi connectivity index (χ2n) is 3.50. The molecule has 1 aromatic rings. The van der Waals surface area contributed by atoms with E-state index in [1.165, 1.54) is 6.20 Å². The molecule has 88 valence electrons. The normalized spacial score (nSPS) is 9.88. The van der Waals surface area contributed by atoms with Crippen molar-refractivity contribution in [2.24, 2.45) is 0 Å². The maximum absolute atomic E-state index is 11.6. The Morgan fingerprint density at radius 1 is 1.31 bits per heavy atom. The van der Waals surface area contributed by atoms with Gasteiger partial charge in [0, 0.05) is 13.6 Å². The number of hydrogen-bond donors (Lipinski definition) is 2. The van der Waals surface area contributed by atoms with Gasteiger partial charge in [-0.3, -0.25) is 4.79 Å². The van der Waals surface area contributed by atoms with Crippen molar-refractivity contribution < 1.29 is 4.79 Å². The number of amides is 1. The highest BCUT2D eigenvalue weighted by molar-refractivity contribution is 5.91. The molecule has 1 aromatic heterocycles. The van der Waals surface area contributed by atoms with E-state index in [-0.39, 0.29) is 5.91 Å². The Hall–Kier alpha value is -1.65. The summed E-state index contributed by atoms with van der Waals surface area (Å²) in [4.78, 5) is 19.6. The van der Waals surface area contributed by atoms with Gasteiger partial charge in [0.15, 0.2) is 0 Å². The van der Waals surface area contributed by atoms with Crippen molar-refractivity contribution in [3.8, 4) is 0 Å². The molecule has 0 saturated carbocycles. The first-order chi connectivity index (χ1) is 7.77. The van der Waals surface area contributed by atoms with Gasteiger partial charge in [-0.1, -0.05) is 19.8 Å². The molecule has 0 atom stereocenters. The van der Waals surface area contributed by atoms with Crippen LogP contribution in [0.25, 0.3) is 0 Å². The number of carbonyl (C=O) groups excluding carboxylic acids is 1. The van der Waals surface area contributed by atoms with Crippen LogP contribution in [0.15, 0.2) is 12.4 Å². The Labute approximate surface area is 95.7 Å². The van der Waals surface area contributed by atoms with Crippen molar-refractivity contribution in [3.05, 3.63) is 18.1 Å². The molecule has 1 heterocycles. The molecule has 0 fully saturated rings. The lowest BCUT2D eigenvalue weighted by Gasteiger charge is -2.04. The lowest BCUT2D eigenvalue weighted by atomic mass is 10.2. The van der Waals surface area contributed by atoms with Crippen molar-refractivity contribution in [1.29, 1.82) is 0 Å². The molecule has 1 amide bonds. The Kier molecular flexibility index (Phi) is 5.25. The molecule has 0 saturated heterocycles. The number of anilines is 1. The summed E-state index contributed by atoms with van der Waals surface area (Å²) < 4.78 is 0. The van der Waals surface area contributed by atoms with Crippen LogP contribution in [-0.2, 0) is 0 Å². The lowest BCUT2D eigenvalue weighted by molar-refractivity contribution is 0.0947. The van der Waals surface area contributed by atoms with Gasteiger partial charge in [0.05, 0.1) is 12.4 Å². The van der Waals surface area contributed by atoms with Gasteiger partial charge in [-0.25, -0.2) is 9.97 Å². The highest BCUT2D eigenvalue weighted by Crippen LogP contribution is 1.99. The second kappa shape index (κ2) is 6.76. The molecule has 1 rings (SSSR count). The third-order valence-electron chi connectivity index (χ3n) is 2.21. The summed E-state index contributed by atoms with van der Waals surface area (Å²) in [5.74, 6) is 0.494. The van der Waals surface area contributed by atoms with Crippen LogP contribution < -0.4 is 10.6 Å². The highest BCUT2D eigenvalue weighted by Gasteiger charge is 2.06. The van der Waals surface area contributed by atoms with E-state index >= 15 is 0 Å². The summed E-state index contributed by atoms with van der Waals surface area (Å²) in [5, 5.41) is 5.66. The first-order valence-corrected chi connectivity index (χ1v) is 5.56. The summed E-state index contributed by atoms with van der Waals surface area (Å²) in [6, 6.07) is 0. The smallest absolute Gasteiger partial charge is 0.271 e. The van der Waals surface area contributed by atoms with Crippen LogP contribution in [0.2, 0.25) is 0 Å². The maximum Gasteiger partial charge on any atom is 0.271 e. The van der Waals surface area contributed by atoms with Gasteiger partial charge in [-0.2, -0.15) is 0 Å². The molecule has 0 radical (unpaired) electrons. The van der Waals surface area contributed by atoms with Crippen molar-refractivity contribution in [3.63, 3.8) is 0 Å². The number of aromatic nitrogens is 2. The van der Waals surface area contributed by atoms with E-state index in [1.54, 1.807) is 13.2 Å². The molecule has 16 heavy (non-hydrogen) atoms. The molecule has 2 N–H and O–H groups in total. The van der Waals surface area contributed by atoms with E-state index < -0.39 is 0 Å². The Morgan fingerprint density at radius 2 is 2.12 bits per heavy atom. The Balaban J connectivity index is 2.40. The van der Waals surface area contributed by atoms with Crippen LogP contribution in [0.5, 0.6) is 0 Å². The van der Waals surface area contributed by atoms with Gasteiger partial charge in [0.2, 0.25) is 0 Å². The molecule has 0 aliphatic carbocycles. The number of nitrogens with one attached hydrogen (secondary N) is 2. The van der Waals surface area contributed by atoms with E-state index in [2.05, 4.69) is 27.5 Å². The fourth-order valence-corrected chi connectivity index (χ4v) is 1.24. The fraction of sp³-hybridized carbons (Fsp3) is 0.545. The van der Waals surface area contributed by atoms with Gasteiger partial charge in [0.25, 0.3) is 5.91 Å². The molecule has 0 aliphatic rings. The van der Waals surface area contributed by atoms with Crippen LogP contribution in [0, 0.1) is 0 Å². The monoisotopic (exact) mass is 222 g/mol. The SMILES string of the molecule is CCCCCNC(=O)c1cnc(NC)cn1. The Bertz CT molecular complexity index is 323. The standard InChI is InChI=1S/C11H18N4O/c1-3-4-5-6-13-11(16)9-7-15-10(12-2)8-14-9/h7-8H,3-6H2,1-2H3,(H,12,15)(H,13,16). The molecule has 0 aliphatic heterocycles. The van der Waals surface area contributed by atoms with E-state index in [4.69, 9.17) is 0 Å². The first-order valence-electron chi connectivity index (χ1n) is 5.56. The van der Waals surface area contributed by atoms with Crippen LogP contribution in [0.1, 0.15) is 36.7 Å². The summed E-state index contributed by atoms with van der Waals surface area (Å²) in [6.07, 6.45) is 6.30. The van der Waals surface area contributed by atoms with Gasteiger partial charge in [-0.05, 0) is 6.42 Å². The van der Waals surface area contributed by atoms with Crippen LogP contribution in [0.4, 0.5) is 5.82 Å². The van der Waals surface area contributed by atoms with Crippen molar-refractivity contribution in [1.82, 2.24) is 15.3 Å². The molecular weight excluding hydrogens is 204 g/mol. The van der Waals surface area contributed by atoms with Crippen LogP contribution in [-0.4, -0.2) is 29.5 Å². The van der Waals surface area contributed by atoms with Crippen molar-refractivity contribution >= 4 is 11.7 Å². The number of hydrogen-bond acceptors (Lipinski definition) is 4. The van der Waals surface area contributed by atoms with E-state index in [0.29, 0.717) is 18.1 Å². The largest absolute Gasteiger partial charge is 0.372 e.